The van der Waals surface area contributed by atoms with Crippen molar-refractivity contribution in [3.8, 4) is 23.0 Å². The molecule has 0 fully saturated rings. The van der Waals surface area contributed by atoms with Crippen molar-refractivity contribution in [3.05, 3.63) is 85.4 Å². The van der Waals surface area contributed by atoms with Gasteiger partial charge in [-0.2, -0.15) is 0 Å². The summed E-state index contributed by atoms with van der Waals surface area (Å²) < 4.78 is 19.5. The fourth-order valence-electron chi connectivity index (χ4n) is 2.28. The Hall–Kier alpha value is -3.93. The van der Waals surface area contributed by atoms with Crippen LogP contribution in [0.4, 0.5) is 0 Å². The molecule has 0 aromatic heterocycles. The summed E-state index contributed by atoms with van der Waals surface area (Å²) >= 11 is 0. The summed E-state index contributed by atoms with van der Waals surface area (Å²) in [5.41, 5.74) is 2.10. The molecule has 6 heteroatoms. The molecule has 0 spiro atoms. The number of carbonyl (C=O) groups is 1. The number of hydrogen-bond acceptors (Lipinski definition) is 6. The molecule has 0 aliphatic rings. The number of aromatic hydroxyl groups is 1. The molecule has 1 N–H and O–H groups in total. The summed E-state index contributed by atoms with van der Waals surface area (Å²) in [7, 11) is 3.15. The minimum atomic E-state index is -0.329. The zero-order valence-electron chi connectivity index (χ0n) is 19.3. The molecule has 0 saturated heterocycles. The zero-order valence-corrected chi connectivity index (χ0v) is 19.3. The Morgan fingerprint density at radius 3 is 1.76 bits per heavy atom. The number of rotatable bonds is 7. The number of benzene rings is 2. The van der Waals surface area contributed by atoms with Gasteiger partial charge in [-0.05, 0) is 49.2 Å². The van der Waals surface area contributed by atoms with Crippen molar-refractivity contribution in [2.75, 3.05) is 14.2 Å². The van der Waals surface area contributed by atoms with Gasteiger partial charge < -0.3 is 24.1 Å². The number of hydrogen-bond donors (Lipinski definition) is 1. The molecular formula is C27H36O6. The van der Waals surface area contributed by atoms with Gasteiger partial charge in [-0.15, -0.1) is 0 Å². The van der Waals surface area contributed by atoms with Crippen LogP contribution in [-0.2, 0) is 9.53 Å². The lowest BCUT2D eigenvalue weighted by atomic mass is 10.2. The third kappa shape index (κ3) is 13.2. The normalized spacial score (nSPS) is 9.36. The molecule has 0 aliphatic carbocycles. The molecule has 0 bridgehead atoms. The summed E-state index contributed by atoms with van der Waals surface area (Å²) in [5, 5.41) is 9.25. The SMILES string of the molecule is C.C/C=C/c1ccc(O)c(OC)c1.C=COC(C)=O.C=COc1ccc(/C=C/C)cc1OC. The molecule has 0 saturated carbocycles. The van der Waals surface area contributed by atoms with Crippen molar-refractivity contribution in [1.82, 2.24) is 0 Å². The first kappa shape index (κ1) is 31.3. The van der Waals surface area contributed by atoms with Gasteiger partial charge in [0, 0.05) is 6.92 Å². The molecule has 180 valence electrons. The van der Waals surface area contributed by atoms with E-state index in [-0.39, 0.29) is 19.1 Å². The highest BCUT2D eigenvalue weighted by Crippen LogP contribution is 2.28. The van der Waals surface area contributed by atoms with E-state index in [1.165, 1.54) is 20.3 Å². The van der Waals surface area contributed by atoms with Crippen LogP contribution in [0.25, 0.3) is 12.2 Å². The van der Waals surface area contributed by atoms with Crippen LogP contribution in [0, 0.1) is 0 Å². The Kier molecular flexibility index (Phi) is 17.8. The standard InChI is InChI=1S/C12H14O2.C10H12O2.C4H6O2.CH4/c1-4-6-10-7-8-11(14-5-2)12(9-10)13-3;1-3-4-8-5-6-9(11)10(7-8)12-2;1-3-6-4(2)5;/h4-9H,2H2,1,3H3;3-7,11H,1-2H3;3H,1H2,2H3;1H4/b6-4+;4-3+;;. The average Bonchev–Trinajstić information content (AvgIpc) is 2.77. The van der Waals surface area contributed by atoms with Crippen LogP contribution in [0.2, 0.25) is 0 Å². The minimum Gasteiger partial charge on any atom is -0.504 e. The lowest BCUT2D eigenvalue weighted by Gasteiger charge is -2.07. The van der Waals surface area contributed by atoms with Crippen LogP contribution in [0.1, 0.15) is 39.3 Å². The van der Waals surface area contributed by atoms with E-state index in [0.717, 1.165) is 17.4 Å². The number of ether oxygens (including phenoxy) is 4. The predicted molar refractivity (Wildman–Crippen MR) is 137 cm³/mol. The summed E-state index contributed by atoms with van der Waals surface area (Å²) in [4.78, 5) is 9.75. The minimum absolute atomic E-state index is 0. The third-order valence-corrected chi connectivity index (χ3v) is 3.57. The molecule has 0 aliphatic heterocycles. The molecule has 6 nitrogen and oxygen atoms in total. The number of methoxy groups -OCH3 is 2. The number of carbonyl (C=O) groups excluding carboxylic acids is 1. The van der Waals surface area contributed by atoms with Crippen molar-refractivity contribution in [2.24, 2.45) is 0 Å². The molecule has 0 unspecified atom stereocenters. The quantitative estimate of drug-likeness (QED) is 0.357. The number of allylic oxidation sites excluding steroid dienone is 2. The Bertz CT molecular complexity index is 913. The average molecular weight is 457 g/mol. The van der Waals surface area contributed by atoms with E-state index in [1.807, 2.05) is 62.4 Å². The molecular weight excluding hydrogens is 420 g/mol. The molecule has 33 heavy (non-hydrogen) atoms. The van der Waals surface area contributed by atoms with Crippen LogP contribution in [0.15, 0.2) is 74.2 Å². The Morgan fingerprint density at radius 2 is 1.36 bits per heavy atom. The zero-order chi connectivity index (χ0) is 24.4. The van der Waals surface area contributed by atoms with Crippen molar-refractivity contribution in [1.29, 1.82) is 0 Å². The molecule has 0 atom stereocenters. The second-order valence-corrected chi connectivity index (χ2v) is 5.90. The van der Waals surface area contributed by atoms with E-state index in [2.05, 4.69) is 17.9 Å². The van der Waals surface area contributed by atoms with Gasteiger partial charge in [-0.3, -0.25) is 4.79 Å². The lowest BCUT2D eigenvalue weighted by molar-refractivity contribution is -0.135. The predicted octanol–water partition coefficient (Wildman–Crippen LogP) is 7.01. The van der Waals surface area contributed by atoms with Gasteiger partial charge in [0.25, 0.3) is 0 Å². The van der Waals surface area contributed by atoms with Crippen LogP contribution in [0.5, 0.6) is 23.0 Å². The maximum atomic E-state index is 9.75. The molecule has 2 aromatic carbocycles. The van der Waals surface area contributed by atoms with Gasteiger partial charge in [-0.25, -0.2) is 0 Å². The number of esters is 1. The molecule has 0 amide bonds. The summed E-state index contributed by atoms with van der Waals surface area (Å²) in [5.74, 6) is 1.73. The fraction of sp³-hybridized carbons (Fsp3) is 0.222. The molecule has 0 heterocycles. The Morgan fingerprint density at radius 1 is 0.848 bits per heavy atom. The summed E-state index contributed by atoms with van der Waals surface area (Å²) in [6.07, 6.45) is 10.3. The van der Waals surface area contributed by atoms with Crippen molar-refractivity contribution in [2.45, 2.75) is 28.2 Å². The highest BCUT2D eigenvalue weighted by molar-refractivity contribution is 5.66. The molecule has 2 aromatic rings. The fourth-order valence-corrected chi connectivity index (χ4v) is 2.28. The van der Waals surface area contributed by atoms with Gasteiger partial charge in [0.1, 0.15) is 0 Å². The van der Waals surface area contributed by atoms with Crippen LogP contribution in [0.3, 0.4) is 0 Å². The second-order valence-electron chi connectivity index (χ2n) is 5.90. The third-order valence-electron chi connectivity index (χ3n) is 3.57. The topological polar surface area (TPSA) is 74.2 Å². The van der Waals surface area contributed by atoms with Gasteiger partial charge in [0.2, 0.25) is 0 Å². The highest BCUT2D eigenvalue weighted by Gasteiger charge is 2.02. The highest BCUT2D eigenvalue weighted by atomic mass is 16.5. The van der Waals surface area contributed by atoms with Crippen LogP contribution in [-0.4, -0.2) is 25.3 Å². The number of phenols is 1. The van der Waals surface area contributed by atoms with Crippen LogP contribution < -0.4 is 14.2 Å². The molecule has 0 radical (unpaired) electrons. The van der Waals surface area contributed by atoms with Gasteiger partial charge in [-0.1, -0.05) is 57.0 Å². The van der Waals surface area contributed by atoms with Crippen molar-refractivity contribution in [3.63, 3.8) is 0 Å². The summed E-state index contributed by atoms with van der Waals surface area (Å²) in [6.45, 7) is 11.9. The summed E-state index contributed by atoms with van der Waals surface area (Å²) in [6, 6.07) is 11.0. The first-order chi connectivity index (χ1) is 15.4. The first-order valence-corrected chi connectivity index (χ1v) is 9.72. The maximum absolute atomic E-state index is 9.75. The van der Waals surface area contributed by atoms with Crippen molar-refractivity contribution < 1.29 is 28.8 Å². The second kappa shape index (κ2) is 18.8. The molecule has 2 rings (SSSR count). The largest absolute Gasteiger partial charge is 0.504 e. The van der Waals surface area contributed by atoms with Gasteiger partial charge in [0.15, 0.2) is 23.0 Å². The smallest absolute Gasteiger partial charge is 0.307 e. The van der Waals surface area contributed by atoms with E-state index < -0.39 is 0 Å². The Labute approximate surface area is 198 Å². The van der Waals surface area contributed by atoms with E-state index in [0.29, 0.717) is 17.2 Å². The van der Waals surface area contributed by atoms with E-state index >= 15 is 0 Å². The van der Waals surface area contributed by atoms with Crippen LogP contribution >= 0.6 is 0 Å². The van der Waals surface area contributed by atoms with E-state index in [9.17, 15) is 9.90 Å². The van der Waals surface area contributed by atoms with E-state index in [1.54, 1.807) is 19.2 Å². The Balaban J connectivity index is 0. The number of phenolic OH excluding ortho intramolecular Hbond substituents is 1. The lowest BCUT2D eigenvalue weighted by Crippen LogP contribution is -1.89. The van der Waals surface area contributed by atoms with Gasteiger partial charge in [0.05, 0.1) is 26.7 Å². The van der Waals surface area contributed by atoms with Gasteiger partial charge >= 0.3 is 5.97 Å². The van der Waals surface area contributed by atoms with E-state index in [4.69, 9.17) is 14.2 Å². The monoisotopic (exact) mass is 456 g/mol. The first-order valence-electron chi connectivity index (χ1n) is 9.72. The van der Waals surface area contributed by atoms with Crippen molar-refractivity contribution >= 4 is 18.1 Å². The maximum Gasteiger partial charge on any atom is 0.307 e.